The fourth-order valence-electron chi connectivity index (χ4n) is 6.84. The number of aryl methyl sites for hydroxylation is 4. The molecule has 0 atom stereocenters. The Bertz CT molecular complexity index is 3350. The van der Waals surface area contributed by atoms with Gasteiger partial charge in [0, 0.05) is 70.9 Å². The third-order valence-electron chi connectivity index (χ3n) is 10.4. The molecule has 8 rings (SSSR count). The van der Waals surface area contributed by atoms with Gasteiger partial charge in [-0.25, -0.2) is 9.97 Å². The number of hydrogen-bond acceptors (Lipinski definition) is 7. The Morgan fingerprint density at radius 3 is 1.52 bits per heavy atom. The van der Waals surface area contributed by atoms with E-state index in [0.717, 1.165) is 57.9 Å². The van der Waals surface area contributed by atoms with Crippen molar-refractivity contribution in [3.8, 4) is 22.3 Å². The number of nitrogens with one attached hydrogen (secondary N) is 1. The summed E-state index contributed by atoms with van der Waals surface area (Å²) in [4.78, 5) is 56.9. The molecule has 0 spiro atoms. The van der Waals surface area contributed by atoms with E-state index in [1.54, 1.807) is 67.5 Å². The van der Waals surface area contributed by atoms with E-state index in [0.29, 0.717) is 44.1 Å². The number of carbonyl (C=O) groups is 2. The van der Waals surface area contributed by atoms with Gasteiger partial charge in [-0.3, -0.25) is 19.2 Å². The zero-order chi connectivity index (χ0) is 49.1. The Morgan fingerprint density at radius 1 is 0.597 bits per heavy atom. The molecular weight excluding hydrogens is 945 g/mol. The number of alkyl halides is 6. The first-order valence-electron chi connectivity index (χ1n) is 19.6. The molecule has 0 aliphatic rings. The fraction of sp³-hybridized carbons (Fsp3) is 0.125. The van der Waals surface area contributed by atoms with Gasteiger partial charge in [0.05, 0.1) is 22.2 Å². The van der Waals surface area contributed by atoms with Crippen LogP contribution in [-0.2, 0) is 26.4 Å². The van der Waals surface area contributed by atoms with Crippen molar-refractivity contribution in [3.05, 3.63) is 186 Å². The molecule has 0 unspecified atom stereocenters. The average Bonchev–Trinajstić information content (AvgIpc) is 3.28. The van der Waals surface area contributed by atoms with Crippen LogP contribution in [-0.4, -0.2) is 30.3 Å². The van der Waals surface area contributed by atoms with Gasteiger partial charge in [0.25, 0.3) is 22.3 Å². The topological polar surface area (TPSA) is 142 Å². The lowest BCUT2D eigenvalue weighted by Gasteiger charge is -2.13. The SMILES string of the molecule is Cc1ccc(N)cc1-c1cc2cnc(Cl)cc2n(C)c1=O.Cc1ccc(NC(=O)c2cccc(C(F)(F)F)c2)cc1-c1cc2cnc(Cl)cc2n(C)c1=O.O=C(Cl)c1cccc(C(F)(F)F)c1. The van der Waals surface area contributed by atoms with Crippen LogP contribution in [0.25, 0.3) is 44.1 Å². The molecule has 4 heterocycles. The van der Waals surface area contributed by atoms with E-state index >= 15 is 0 Å². The Balaban J connectivity index is 0.000000185. The van der Waals surface area contributed by atoms with Crippen LogP contribution in [0.3, 0.4) is 0 Å². The van der Waals surface area contributed by atoms with Gasteiger partial charge < -0.3 is 20.2 Å². The van der Waals surface area contributed by atoms with E-state index in [-0.39, 0.29) is 27.4 Å². The molecule has 67 heavy (non-hydrogen) atoms. The number of nitrogen functional groups attached to an aromatic ring is 1. The van der Waals surface area contributed by atoms with Gasteiger partial charge in [0.1, 0.15) is 10.3 Å². The molecule has 0 fully saturated rings. The van der Waals surface area contributed by atoms with Crippen molar-refractivity contribution in [2.75, 3.05) is 11.1 Å². The number of carbonyl (C=O) groups excluding carboxylic acids is 2. The highest BCUT2D eigenvalue weighted by Gasteiger charge is 2.32. The maximum atomic E-state index is 13.0. The summed E-state index contributed by atoms with van der Waals surface area (Å²) in [7, 11) is 3.35. The van der Waals surface area contributed by atoms with Gasteiger partial charge in [-0.15, -0.1) is 0 Å². The molecule has 0 bridgehead atoms. The largest absolute Gasteiger partial charge is 0.416 e. The summed E-state index contributed by atoms with van der Waals surface area (Å²) >= 11 is 16.9. The molecule has 0 saturated heterocycles. The van der Waals surface area contributed by atoms with Crippen LogP contribution in [0.4, 0.5) is 37.7 Å². The van der Waals surface area contributed by atoms with Crippen LogP contribution < -0.4 is 22.2 Å². The molecular formula is C48H35Cl3F6N6O4. The summed E-state index contributed by atoms with van der Waals surface area (Å²) in [6.07, 6.45) is -5.76. The minimum Gasteiger partial charge on any atom is -0.399 e. The van der Waals surface area contributed by atoms with Crippen molar-refractivity contribution in [1.29, 1.82) is 0 Å². The number of halogens is 9. The van der Waals surface area contributed by atoms with E-state index in [9.17, 15) is 45.5 Å². The van der Waals surface area contributed by atoms with Gasteiger partial charge in [-0.2, -0.15) is 26.3 Å². The van der Waals surface area contributed by atoms with E-state index in [1.165, 1.54) is 22.8 Å². The molecule has 0 radical (unpaired) electrons. The van der Waals surface area contributed by atoms with Crippen LogP contribution >= 0.6 is 34.8 Å². The quantitative estimate of drug-likeness (QED) is 0.0757. The van der Waals surface area contributed by atoms with E-state index in [2.05, 4.69) is 15.3 Å². The molecule has 0 aliphatic carbocycles. The van der Waals surface area contributed by atoms with Crippen molar-refractivity contribution < 1.29 is 35.9 Å². The molecule has 4 aromatic heterocycles. The maximum absolute atomic E-state index is 13.0. The molecule has 0 saturated carbocycles. The van der Waals surface area contributed by atoms with Crippen LogP contribution in [0, 0.1) is 13.8 Å². The molecule has 3 N–H and O–H groups in total. The summed E-state index contributed by atoms with van der Waals surface area (Å²) in [5.74, 6) is -0.693. The Hall–Kier alpha value is -7.01. The molecule has 4 aromatic carbocycles. The fourth-order valence-corrected chi connectivity index (χ4v) is 7.26. The Labute approximate surface area is 392 Å². The number of aromatic nitrogens is 4. The molecule has 8 aromatic rings. The van der Waals surface area contributed by atoms with Gasteiger partial charge in [-0.1, -0.05) is 53.5 Å². The minimum absolute atomic E-state index is 0.0848. The lowest BCUT2D eigenvalue weighted by atomic mass is 9.99. The zero-order valence-electron chi connectivity index (χ0n) is 35.4. The standard InChI is InChI=1S/C24H17ClF3N3O2.C16H14ClN3O.C8H4ClF3O/c1-13-6-7-17(30-22(32)14-4-3-5-16(8-14)24(26,27)28)10-18(13)19-9-15-12-29-21(25)11-20(15)31(2)23(19)33;1-9-3-4-11(18)6-12(9)13-5-10-8-19-15(17)7-14(10)20(2)16(13)21;9-7(13)5-2-1-3-6(4-5)8(10,11)12/h3-12H,1-2H3,(H,30,32);3-8H,18H2,1-2H3;1-4H. The molecule has 19 heteroatoms. The monoisotopic (exact) mass is 978 g/mol. The third-order valence-corrected chi connectivity index (χ3v) is 11.0. The van der Waals surface area contributed by atoms with Crippen LogP contribution in [0.5, 0.6) is 0 Å². The number of fused-ring (bicyclic) bond motifs is 2. The first kappa shape index (κ1) is 49.4. The van der Waals surface area contributed by atoms with Gasteiger partial charge in [0.2, 0.25) is 0 Å². The Morgan fingerprint density at radius 2 is 1.04 bits per heavy atom. The predicted octanol–water partition coefficient (Wildman–Crippen LogP) is 12.1. The number of benzene rings is 4. The highest BCUT2D eigenvalue weighted by Crippen LogP contribution is 2.32. The average molecular weight is 980 g/mol. The van der Waals surface area contributed by atoms with Crippen molar-refractivity contribution in [3.63, 3.8) is 0 Å². The van der Waals surface area contributed by atoms with Crippen molar-refractivity contribution in [1.82, 2.24) is 19.1 Å². The molecule has 344 valence electrons. The first-order chi connectivity index (χ1) is 31.4. The molecule has 1 amide bonds. The van der Waals surface area contributed by atoms with E-state index in [1.807, 2.05) is 38.1 Å². The lowest BCUT2D eigenvalue weighted by molar-refractivity contribution is -0.138. The number of hydrogen-bond donors (Lipinski definition) is 2. The number of nitrogens with zero attached hydrogens (tertiary/aromatic N) is 4. The minimum atomic E-state index is -4.55. The van der Waals surface area contributed by atoms with Crippen molar-refractivity contribution in [2.24, 2.45) is 14.1 Å². The summed E-state index contributed by atoms with van der Waals surface area (Å²) in [6, 6.07) is 25.5. The Kier molecular flexibility index (Phi) is 14.6. The summed E-state index contributed by atoms with van der Waals surface area (Å²) in [6.45, 7) is 3.77. The second-order valence-corrected chi connectivity index (χ2v) is 16.1. The molecule has 0 aliphatic heterocycles. The third kappa shape index (κ3) is 11.5. The lowest BCUT2D eigenvalue weighted by Crippen LogP contribution is -2.19. The van der Waals surface area contributed by atoms with Crippen LogP contribution in [0.1, 0.15) is 43.0 Å². The highest BCUT2D eigenvalue weighted by atomic mass is 35.5. The normalized spacial score (nSPS) is 11.4. The second-order valence-electron chi connectivity index (χ2n) is 15.0. The number of nitrogens with two attached hydrogens (primary N) is 1. The zero-order valence-corrected chi connectivity index (χ0v) is 37.7. The number of amides is 1. The van der Waals surface area contributed by atoms with E-state index < -0.39 is 34.6 Å². The smallest absolute Gasteiger partial charge is 0.399 e. The number of anilines is 2. The number of pyridine rings is 4. The van der Waals surface area contributed by atoms with Gasteiger partial charge in [0.15, 0.2) is 0 Å². The number of rotatable bonds is 5. The van der Waals surface area contributed by atoms with Crippen LogP contribution in [0.2, 0.25) is 10.3 Å². The second kappa shape index (κ2) is 19.8. The summed E-state index contributed by atoms with van der Waals surface area (Å²) in [5, 5.41) is 3.90. The molecule has 10 nitrogen and oxygen atoms in total. The van der Waals surface area contributed by atoms with Gasteiger partial charge >= 0.3 is 12.4 Å². The van der Waals surface area contributed by atoms with Crippen LogP contribution in [0.15, 0.2) is 131 Å². The maximum Gasteiger partial charge on any atom is 0.416 e. The summed E-state index contributed by atoms with van der Waals surface area (Å²) in [5.41, 5.74) is 9.98. The predicted molar refractivity (Wildman–Crippen MR) is 250 cm³/mol. The van der Waals surface area contributed by atoms with E-state index in [4.69, 9.17) is 40.5 Å². The van der Waals surface area contributed by atoms with Crippen molar-refractivity contribution >= 4 is 79.1 Å². The highest BCUT2D eigenvalue weighted by molar-refractivity contribution is 6.67. The first-order valence-corrected chi connectivity index (χ1v) is 20.7. The van der Waals surface area contributed by atoms with Crippen molar-refractivity contribution in [2.45, 2.75) is 26.2 Å². The van der Waals surface area contributed by atoms with Gasteiger partial charge in [-0.05, 0) is 127 Å². The summed E-state index contributed by atoms with van der Waals surface area (Å²) < 4.78 is 78.2.